The lowest BCUT2D eigenvalue weighted by Gasteiger charge is -2.00. The summed E-state index contributed by atoms with van der Waals surface area (Å²) in [5.41, 5.74) is 1.35. The number of benzene rings is 1. The van der Waals surface area contributed by atoms with Crippen LogP contribution in [0, 0.1) is 11.8 Å². The van der Waals surface area contributed by atoms with Gasteiger partial charge in [0.05, 0.1) is 5.92 Å². The molecule has 0 aliphatic heterocycles. The van der Waals surface area contributed by atoms with Crippen LogP contribution in [0.4, 0.5) is 0 Å². The number of aryl methyl sites for hydroxylation is 1. The molecule has 0 radical (unpaired) electrons. The van der Waals surface area contributed by atoms with Crippen molar-refractivity contribution in [1.29, 1.82) is 0 Å². The summed E-state index contributed by atoms with van der Waals surface area (Å²) < 4.78 is 0. The summed E-state index contributed by atoms with van der Waals surface area (Å²) in [6, 6.07) is 10.4. The van der Waals surface area contributed by atoms with Crippen molar-refractivity contribution in [2.45, 2.75) is 25.7 Å². The average Bonchev–Trinajstić information content (AvgIpc) is 2.99. The maximum atomic E-state index is 10.6. The third-order valence-electron chi connectivity index (χ3n) is 3.12. The first-order chi connectivity index (χ1) is 7.27. The van der Waals surface area contributed by atoms with Crippen LogP contribution in [0.1, 0.15) is 24.8 Å². The molecule has 0 saturated heterocycles. The number of rotatable bonds is 5. The van der Waals surface area contributed by atoms with Gasteiger partial charge in [-0.1, -0.05) is 30.3 Å². The second kappa shape index (κ2) is 4.47. The molecule has 2 nitrogen and oxygen atoms in total. The van der Waals surface area contributed by atoms with Crippen LogP contribution in [0.5, 0.6) is 0 Å². The molecular weight excluding hydrogens is 188 g/mol. The summed E-state index contributed by atoms with van der Waals surface area (Å²) in [5, 5.41) is 8.74. The number of hydrogen-bond acceptors (Lipinski definition) is 1. The van der Waals surface area contributed by atoms with Crippen molar-refractivity contribution >= 4 is 5.97 Å². The second-order valence-electron chi connectivity index (χ2n) is 4.32. The van der Waals surface area contributed by atoms with E-state index in [1.54, 1.807) is 0 Å². The monoisotopic (exact) mass is 204 g/mol. The van der Waals surface area contributed by atoms with Crippen LogP contribution in [0.3, 0.4) is 0 Å². The van der Waals surface area contributed by atoms with E-state index >= 15 is 0 Å². The van der Waals surface area contributed by atoms with E-state index in [0.29, 0.717) is 5.92 Å². The van der Waals surface area contributed by atoms with Gasteiger partial charge in [0.2, 0.25) is 0 Å². The van der Waals surface area contributed by atoms with E-state index in [1.807, 2.05) is 18.2 Å². The molecule has 2 heteroatoms. The molecule has 80 valence electrons. The fourth-order valence-electron chi connectivity index (χ4n) is 2.08. The zero-order chi connectivity index (χ0) is 10.7. The molecule has 1 fully saturated rings. The zero-order valence-electron chi connectivity index (χ0n) is 8.73. The molecule has 0 heterocycles. The smallest absolute Gasteiger partial charge is 0.306 e. The molecule has 2 rings (SSSR count). The molecule has 0 bridgehead atoms. The number of carbonyl (C=O) groups is 1. The first-order valence-electron chi connectivity index (χ1n) is 5.54. The van der Waals surface area contributed by atoms with Crippen molar-refractivity contribution in [3.05, 3.63) is 35.9 Å². The van der Waals surface area contributed by atoms with Crippen LogP contribution >= 0.6 is 0 Å². The average molecular weight is 204 g/mol. The summed E-state index contributed by atoms with van der Waals surface area (Å²) in [6.07, 6.45) is 4.14. The molecule has 0 unspecified atom stereocenters. The molecule has 0 aromatic heterocycles. The Morgan fingerprint density at radius 3 is 2.67 bits per heavy atom. The highest BCUT2D eigenvalue weighted by Gasteiger charge is 2.42. The maximum Gasteiger partial charge on any atom is 0.306 e. The SMILES string of the molecule is O=C(O)[C@H]1C[C@@H]1CCCc1ccccc1. The van der Waals surface area contributed by atoms with Gasteiger partial charge in [0.1, 0.15) is 0 Å². The van der Waals surface area contributed by atoms with Crippen molar-refractivity contribution in [3.8, 4) is 0 Å². The lowest BCUT2D eigenvalue weighted by molar-refractivity contribution is -0.138. The first kappa shape index (κ1) is 10.2. The quantitative estimate of drug-likeness (QED) is 0.800. The van der Waals surface area contributed by atoms with Gasteiger partial charge in [0.25, 0.3) is 0 Å². The minimum atomic E-state index is -0.611. The Kier molecular flexibility index (Phi) is 3.05. The van der Waals surface area contributed by atoms with E-state index in [2.05, 4.69) is 12.1 Å². The van der Waals surface area contributed by atoms with Crippen LogP contribution in [0.2, 0.25) is 0 Å². The zero-order valence-corrected chi connectivity index (χ0v) is 8.73. The Hall–Kier alpha value is -1.31. The maximum absolute atomic E-state index is 10.6. The summed E-state index contributed by atoms with van der Waals surface area (Å²) in [6.45, 7) is 0. The van der Waals surface area contributed by atoms with Gasteiger partial charge in [0.15, 0.2) is 0 Å². The minimum Gasteiger partial charge on any atom is -0.481 e. The fourth-order valence-corrected chi connectivity index (χ4v) is 2.08. The first-order valence-corrected chi connectivity index (χ1v) is 5.54. The Balaban J connectivity index is 1.67. The van der Waals surface area contributed by atoms with Gasteiger partial charge in [-0.05, 0) is 37.2 Å². The van der Waals surface area contributed by atoms with Gasteiger partial charge in [-0.25, -0.2) is 0 Å². The molecule has 0 spiro atoms. The minimum absolute atomic E-state index is 0.0410. The van der Waals surface area contributed by atoms with Gasteiger partial charge in [-0.3, -0.25) is 4.79 Å². The summed E-state index contributed by atoms with van der Waals surface area (Å²) in [7, 11) is 0. The number of carboxylic acid groups (broad SMARTS) is 1. The van der Waals surface area contributed by atoms with Crippen molar-refractivity contribution < 1.29 is 9.90 Å². The normalized spacial score (nSPS) is 23.7. The Morgan fingerprint density at radius 1 is 1.33 bits per heavy atom. The van der Waals surface area contributed by atoms with Crippen molar-refractivity contribution in [3.63, 3.8) is 0 Å². The van der Waals surface area contributed by atoms with E-state index in [1.165, 1.54) is 5.56 Å². The summed E-state index contributed by atoms with van der Waals surface area (Å²) in [4.78, 5) is 10.6. The molecule has 1 aromatic rings. The van der Waals surface area contributed by atoms with Crippen molar-refractivity contribution in [2.24, 2.45) is 11.8 Å². The van der Waals surface area contributed by atoms with E-state index in [4.69, 9.17) is 5.11 Å². The molecule has 1 N–H and O–H groups in total. The van der Waals surface area contributed by atoms with Gasteiger partial charge in [0, 0.05) is 0 Å². The predicted octanol–water partition coefficient (Wildman–Crippen LogP) is 2.73. The number of aliphatic carboxylic acids is 1. The highest BCUT2D eigenvalue weighted by molar-refractivity contribution is 5.73. The molecule has 1 saturated carbocycles. The molecule has 2 atom stereocenters. The van der Waals surface area contributed by atoms with E-state index < -0.39 is 5.97 Å². The van der Waals surface area contributed by atoms with Gasteiger partial charge < -0.3 is 5.11 Å². The molecular formula is C13H16O2. The molecule has 1 aliphatic carbocycles. The molecule has 0 amide bonds. The van der Waals surface area contributed by atoms with Crippen LogP contribution < -0.4 is 0 Å². The van der Waals surface area contributed by atoms with Gasteiger partial charge in [-0.2, -0.15) is 0 Å². The van der Waals surface area contributed by atoms with Crippen LogP contribution in [0.15, 0.2) is 30.3 Å². The Bertz CT molecular complexity index is 332. The summed E-state index contributed by atoms with van der Waals surface area (Å²) >= 11 is 0. The Morgan fingerprint density at radius 2 is 2.07 bits per heavy atom. The van der Waals surface area contributed by atoms with E-state index in [-0.39, 0.29) is 5.92 Å². The fraction of sp³-hybridized carbons (Fsp3) is 0.462. The van der Waals surface area contributed by atoms with Crippen LogP contribution in [-0.2, 0) is 11.2 Å². The standard InChI is InChI=1S/C13H16O2/c14-13(15)12-9-11(12)8-4-7-10-5-2-1-3-6-10/h1-3,5-6,11-12H,4,7-9H2,(H,14,15)/t11-,12-/m0/s1. The van der Waals surface area contributed by atoms with Crippen LogP contribution in [0.25, 0.3) is 0 Å². The van der Waals surface area contributed by atoms with Gasteiger partial charge in [-0.15, -0.1) is 0 Å². The number of hydrogen-bond donors (Lipinski definition) is 1. The van der Waals surface area contributed by atoms with Crippen molar-refractivity contribution in [2.75, 3.05) is 0 Å². The molecule has 1 aromatic carbocycles. The topological polar surface area (TPSA) is 37.3 Å². The summed E-state index contributed by atoms with van der Waals surface area (Å²) in [5.74, 6) is -0.202. The largest absolute Gasteiger partial charge is 0.481 e. The van der Waals surface area contributed by atoms with Crippen molar-refractivity contribution in [1.82, 2.24) is 0 Å². The Labute approximate surface area is 89.9 Å². The van der Waals surface area contributed by atoms with Crippen LogP contribution in [-0.4, -0.2) is 11.1 Å². The third-order valence-corrected chi connectivity index (χ3v) is 3.12. The lowest BCUT2D eigenvalue weighted by Crippen LogP contribution is -1.99. The number of carboxylic acids is 1. The van der Waals surface area contributed by atoms with Gasteiger partial charge >= 0.3 is 5.97 Å². The van der Waals surface area contributed by atoms with E-state index in [9.17, 15) is 4.79 Å². The predicted molar refractivity (Wildman–Crippen MR) is 58.6 cm³/mol. The third kappa shape index (κ3) is 2.82. The second-order valence-corrected chi connectivity index (χ2v) is 4.32. The highest BCUT2D eigenvalue weighted by Crippen LogP contribution is 2.42. The van der Waals surface area contributed by atoms with E-state index in [0.717, 1.165) is 25.7 Å². The lowest BCUT2D eigenvalue weighted by atomic mass is 10.1. The molecule has 15 heavy (non-hydrogen) atoms. The highest BCUT2D eigenvalue weighted by atomic mass is 16.4. The molecule has 1 aliphatic rings.